The van der Waals surface area contributed by atoms with E-state index in [-0.39, 0.29) is 0 Å². The first kappa shape index (κ1) is 6.99. The van der Waals surface area contributed by atoms with Crippen molar-refractivity contribution >= 4 is 11.6 Å². The lowest BCUT2D eigenvalue weighted by Gasteiger charge is -2.01. The molecule has 0 radical (unpaired) electrons. The minimum absolute atomic E-state index is 0.488. The standard InChI is InChI=1S/C6H8N6/c1-4-2-5-8-3-9-12(5)6(10-4)11-7/h2-3H,7H2,1H3,(H,10,11). The minimum Gasteiger partial charge on any atom is -0.292 e. The molecule has 62 valence electrons. The fraction of sp³-hybridized carbons (Fsp3) is 0.167. The molecule has 6 nitrogen and oxygen atoms in total. The predicted octanol–water partition coefficient (Wildman–Crippen LogP) is -0.282. The Morgan fingerprint density at radius 2 is 2.42 bits per heavy atom. The molecule has 2 heterocycles. The van der Waals surface area contributed by atoms with Gasteiger partial charge in [-0.15, -0.1) is 0 Å². The normalized spacial score (nSPS) is 10.5. The minimum atomic E-state index is 0.488. The summed E-state index contributed by atoms with van der Waals surface area (Å²) in [7, 11) is 0. The molecule has 0 atom stereocenters. The Morgan fingerprint density at radius 1 is 1.58 bits per heavy atom. The molecule has 0 aliphatic carbocycles. The van der Waals surface area contributed by atoms with Crippen molar-refractivity contribution in [1.29, 1.82) is 0 Å². The summed E-state index contributed by atoms with van der Waals surface area (Å²) in [6, 6.07) is 1.83. The topological polar surface area (TPSA) is 81.1 Å². The van der Waals surface area contributed by atoms with E-state index in [4.69, 9.17) is 5.84 Å². The van der Waals surface area contributed by atoms with Gasteiger partial charge in [0.1, 0.15) is 6.33 Å². The van der Waals surface area contributed by atoms with Crippen LogP contribution < -0.4 is 11.3 Å². The number of rotatable bonds is 1. The van der Waals surface area contributed by atoms with E-state index in [2.05, 4.69) is 20.5 Å². The first-order chi connectivity index (χ1) is 5.81. The van der Waals surface area contributed by atoms with Crippen LogP contribution in [0.15, 0.2) is 12.4 Å². The van der Waals surface area contributed by atoms with E-state index in [0.717, 1.165) is 11.3 Å². The Balaban J connectivity index is 2.80. The Kier molecular flexibility index (Phi) is 1.41. The van der Waals surface area contributed by atoms with Crippen LogP contribution in [-0.2, 0) is 0 Å². The van der Waals surface area contributed by atoms with Crippen LogP contribution in [0, 0.1) is 6.92 Å². The van der Waals surface area contributed by atoms with Crippen molar-refractivity contribution in [3.05, 3.63) is 18.1 Å². The fourth-order valence-corrected chi connectivity index (χ4v) is 1.04. The predicted molar refractivity (Wildman–Crippen MR) is 43.3 cm³/mol. The Labute approximate surface area is 68.4 Å². The van der Waals surface area contributed by atoms with Gasteiger partial charge in [-0.25, -0.2) is 15.8 Å². The van der Waals surface area contributed by atoms with Crippen LogP contribution in [0.25, 0.3) is 5.65 Å². The Hall–Kier alpha value is -1.69. The third-order valence-electron chi connectivity index (χ3n) is 1.52. The SMILES string of the molecule is Cc1cc2ncnn2c(NN)n1. The monoisotopic (exact) mass is 164 g/mol. The second kappa shape index (κ2) is 2.42. The van der Waals surface area contributed by atoms with E-state index in [1.165, 1.54) is 10.8 Å². The molecule has 0 spiro atoms. The van der Waals surface area contributed by atoms with Crippen LogP contribution in [0.3, 0.4) is 0 Å². The molecule has 0 amide bonds. The highest BCUT2D eigenvalue weighted by Crippen LogP contribution is 2.06. The maximum Gasteiger partial charge on any atom is 0.240 e. The van der Waals surface area contributed by atoms with Gasteiger partial charge in [-0.1, -0.05) is 0 Å². The quantitative estimate of drug-likeness (QED) is 0.447. The maximum absolute atomic E-state index is 5.24. The molecule has 0 saturated heterocycles. The average molecular weight is 164 g/mol. The lowest BCUT2D eigenvalue weighted by molar-refractivity contribution is 0.908. The van der Waals surface area contributed by atoms with E-state index in [1.807, 2.05) is 13.0 Å². The lowest BCUT2D eigenvalue weighted by atomic mass is 10.4. The number of nitrogens with two attached hydrogens (primary N) is 1. The number of hydrazine groups is 1. The van der Waals surface area contributed by atoms with Crippen LogP contribution in [0.1, 0.15) is 5.69 Å². The van der Waals surface area contributed by atoms with E-state index in [9.17, 15) is 0 Å². The molecule has 0 unspecified atom stereocenters. The number of nitrogens with one attached hydrogen (secondary N) is 1. The van der Waals surface area contributed by atoms with Gasteiger partial charge in [-0.2, -0.15) is 9.61 Å². The largest absolute Gasteiger partial charge is 0.292 e. The Morgan fingerprint density at radius 3 is 3.17 bits per heavy atom. The molecule has 2 rings (SSSR count). The van der Waals surface area contributed by atoms with E-state index < -0.39 is 0 Å². The second-order valence-corrected chi connectivity index (χ2v) is 2.40. The first-order valence-electron chi connectivity index (χ1n) is 3.45. The lowest BCUT2D eigenvalue weighted by Crippen LogP contribution is -2.13. The van der Waals surface area contributed by atoms with Crippen molar-refractivity contribution in [2.45, 2.75) is 6.92 Å². The van der Waals surface area contributed by atoms with E-state index in [1.54, 1.807) is 0 Å². The second-order valence-electron chi connectivity index (χ2n) is 2.40. The van der Waals surface area contributed by atoms with Crippen molar-refractivity contribution in [2.75, 3.05) is 5.43 Å². The van der Waals surface area contributed by atoms with Crippen LogP contribution in [0.2, 0.25) is 0 Å². The van der Waals surface area contributed by atoms with Gasteiger partial charge in [0.05, 0.1) is 0 Å². The van der Waals surface area contributed by atoms with Gasteiger partial charge in [-0.3, -0.25) is 5.43 Å². The summed E-state index contributed by atoms with van der Waals surface area (Å²) in [6.45, 7) is 1.87. The fourth-order valence-electron chi connectivity index (χ4n) is 1.04. The summed E-state index contributed by atoms with van der Waals surface area (Å²) in [6.07, 6.45) is 1.46. The van der Waals surface area contributed by atoms with E-state index in [0.29, 0.717) is 5.95 Å². The first-order valence-corrected chi connectivity index (χ1v) is 3.45. The van der Waals surface area contributed by atoms with Crippen molar-refractivity contribution < 1.29 is 0 Å². The third-order valence-corrected chi connectivity index (χ3v) is 1.52. The van der Waals surface area contributed by atoms with Gasteiger partial charge in [0, 0.05) is 11.8 Å². The molecule has 0 aromatic carbocycles. The Bertz CT molecular complexity index is 405. The van der Waals surface area contributed by atoms with Crippen LogP contribution in [0.4, 0.5) is 5.95 Å². The molecule has 6 heteroatoms. The van der Waals surface area contributed by atoms with Crippen molar-refractivity contribution in [1.82, 2.24) is 19.6 Å². The molecule has 0 bridgehead atoms. The molecule has 2 aromatic rings. The van der Waals surface area contributed by atoms with Crippen molar-refractivity contribution in [3.8, 4) is 0 Å². The van der Waals surface area contributed by atoms with Gasteiger partial charge in [-0.05, 0) is 6.92 Å². The average Bonchev–Trinajstić information content (AvgIpc) is 2.50. The van der Waals surface area contributed by atoms with Gasteiger partial charge < -0.3 is 0 Å². The number of hydrogen-bond acceptors (Lipinski definition) is 5. The van der Waals surface area contributed by atoms with Gasteiger partial charge >= 0.3 is 0 Å². The number of anilines is 1. The van der Waals surface area contributed by atoms with E-state index >= 15 is 0 Å². The molecule has 2 aromatic heterocycles. The molecule has 3 N–H and O–H groups in total. The molecular weight excluding hydrogens is 156 g/mol. The summed E-state index contributed by atoms with van der Waals surface area (Å²) < 4.78 is 1.53. The van der Waals surface area contributed by atoms with Gasteiger partial charge in [0.2, 0.25) is 5.95 Å². The van der Waals surface area contributed by atoms with Crippen molar-refractivity contribution in [2.24, 2.45) is 5.84 Å². The molecule has 0 fully saturated rings. The summed E-state index contributed by atoms with van der Waals surface area (Å²) in [5.41, 5.74) is 4.03. The zero-order valence-electron chi connectivity index (χ0n) is 6.52. The van der Waals surface area contributed by atoms with Crippen molar-refractivity contribution in [3.63, 3.8) is 0 Å². The maximum atomic E-state index is 5.24. The molecule has 12 heavy (non-hydrogen) atoms. The highest BCUT2D eigenvalue weighted by atomic mass is 15.4. The molecule has 0 aliphatic heterocycles. The summed E-state index contributed by atoms with van der Waals surface area (Å²) >= 11 is 0. The van der Waals surface area contributed by atoms with Crippen LogP contribution in [-0.4, -0.2) is 19.6 Å². The summed E-state index contributed by atoms with van der Waals surface area (Å²) in [5, 5.41) is 3.93. The third kappa shape index (κ3) is 0.892. The van der Waals surface area contributed by atoms with Crippen LogP contribution >= 0.6 is 0 Å². The molecule has 0 saturated carbocycles. The number of hydrogen-bond donors (Lipinski definition) is 2. The highest BCUT2D eigenvalue weighted by Gasteiger charge is 2.02. The summed E-state index contributed by atoms with van der Waals surface area (Å²) in [5.74, 6) is 5.73. The smallest absolute Gasteiger partial charge is 0.240 e. The van der Waals surface area contributed by atoms with Crippen LogP contribution in [0.5, 0.6) is 0 Å². The van der Waals surface area contributed by atoms with Gasteiger partial charge in [0.15, 0.2) is 5.65 Å². The summed E-state index contributed by atoms with van der Waals surface area (Å²) in [4.78, 5) is 8.12. The molecular formula is C6H8N6. The number of aryl methyl sites for hydroxylation is 1. The number of nitrogen functional groups attached to an aromatic ring is 1. The van der Waals surface area contributed by atoms with Gasteiger partial charge in [0.25, 0.3) is 0 Å². The molecule has 0 aliphatic rings. The number of fused-ring (bicyclic) bond motifs is 1. The zero-order valence-corrected chi connectivity index (χ0v) is 6.52. The highest BCUT2D eigenvalue weighted by molar-refractivity contribution is 5.44. The zero-order chi connectivity index (χ0) is 8.55. The number of nitrogens with zero attached hydrogens (tertiary/aromatic N) is 4. The number of aromatic nitrogens is 4.